The number of aromatic nitrogens is 2. The van der Waals surface area contributed by atoms with Crippen LogP contribution in [0.2, 0.25) is 0 Å². The zero-order chi connectivity index (χ0) is 19.1. The lowest BCUT2D eigenvalue weighted by atomic mass is 10.2. The van der Waals surface area contributed by atoms with Crippen LogP contribution in [0.15, 0.2) is 67.0 Å². The standard InChI is InChI=1S/C22H25N3O2/c1-18-8-6-7-11-21(18)27-15-14-24(2)22(26)13-12-19-16-23-25(17-19)20-9-4-3-5-10-20/h3-11,16-17H,12-15H2,1-2H3. The van der Waals surface area contributed by atoms with E-state index in [0.29, 0.717) is 26.0 Å². The number of amides is 1. The Hall–Kier alpha value is -3.08. The van der Waals surface area contributed by atoms with Crippen LogP contribution in [0.3, 0.4) is 0 Å². The van der Waals surface area contributed by atoms with E-state index in [9.17, 15) is 4.79 Å². The van der Waals surface area contributed by atoms with Crippen LogP contribution in [0.1, 0.15) is 17.5 Å². The van der Waals surface area contributed by atoms with Gasteiger partial charge < -0.3 is 9.64 Å². The quantitative estimate of drug-likeness (QED) is 0.614. The number of hydrogen-bond donors (Lipinski definition) is 0. The first-order valence-electron chi connectivity index (χ1n) is 9.15. The maximum absolute atomic E-state index is 12.3. The van der Waals surface area contributed by atoms with Gasteiger partial charge >= 0.3 is 0 Å². The Labute approximate surface area is 160 Å². The molecule has 1 amide bonds. The average Bonchev–Trinajstić information content (AvgIpc) is 3.17. The highest BCUT2D eigenvalue weighted by atomic mass is 16.5. The summed E-state index contributed by atoms with van der Waals surface area (Å²) in [6.07, 6.45) is 4.93. The van der Waals surface area contributed by atoms with Crippen LogP contribution in [0, 0.1) is 6.92 Å². The molecule has 1 heterocycles. The van der Waals surface area contributed by atoms with Crippen LogP contribution in [0.5, 0.6) is 5.75 Å². The first-order chi connectivity index (χ1) is 13.1. The van der Waals surface area contributed by atoms with Gasteiger partial charge in [-0.15, -0.1) is 0 Å². The molecular weight excluding hydrogens is 338 g/mol. The Morgan fingerprint density at radius 3 is 2.63 bits per heavy atom. The van der Waals surface area contributed by atoms with Crippen molar-refractivity contribution in [2.75, 3.05) is 20.2 Å². The molecule has 5 heteroatoms. The monoisotopic (exact) mass is 363 g/mol. The fraction of sp³-hybridized carbons (Fsp3) is 0.273. The Kier molecular flexibility index (Phi) is 6.26. The molecule has 1 aromatic heterocycles. The molecule has 0 aliphatic carbocycles. The van der Waals surface area contributed by atoms with Crippen LogP contribution >= 0.6 is 0 Å². The number of aryl methyl sites for hydroxylation is 2. The molecule has 0 atom stereocenters. The van der Waals surface area contributed by atoms with E-state index >= 15 is 0 Å². The molecule has 0 fully saturated rings. The van der Waals surface area contributed by atoms with Gasteiger partial charge in [0.25, 0.3) is 0 Å². The Morgan fingerprint density at radius 1 is 1.11 bits per heavy atom. The van der Waals surface area contributed by atoms with Crippen molar-refractivity contribution in [3.63, 3.8) is 0 Å². The first-order valence-corrected chi connectivity index (χ1v) is 9.15. The number of carbonyl (C=O) groups is 1. The smallest absolute Gasteiger partial charge is 0.222 e. The number of hydrogen-bond acceptors (Lipinski definition) is 3. The van der Waals surface area contributed by atoms with Crippen molar-refractivity contribution in [3.05, 3.63) is 78.1 Å². The Morgan fingerprint density at radius 2 is 1.85 bits per heavy atom. The summed E-state index contributed by atoms with van der Waals surface area (Å²) in [4.78, 5) is 14.1. The number of ether oxygens (including phenoxy) is 1. The summed E-state index contributed by atoms with van der Waals surface area (Å²) in [5.74, 6) is 0.975. The average molecular weight is 363 g/mol. The molecule has 2 aromatic carbocycles. The molecule has 5 nitrogen and oxygen atoms in total. The molecule has 0 saturated carbocycles. The third-order valence-corrected chi connectivity index (χ3v) is 4.49. The molecular formula is C22H25N3O2. The molecule has 0 bridgehead atoms. The molecule has 0 aliphatic rings. The molecule has 3 aromatic rings. The van der Waals surface area contributed by atoms with Gasteiger partial charge in [0.15, 0.2) is 0 Å². The molecule has 27 heavy (non-hydrogen) atoms. The van der Waals surface area contributed by atoms with Crippen LogP contribution < -0.4 is 4.74 Å². The highest BCUT2D eigenvalue weighted by Gasteiger charge is 2.10. The fourth-order valence-electron chi connectivity index (χ4n) is 2.79. The number of nitrogens with zero attached hydrogens (tertiary/aromatic N) is 3. The largest absolute Gasteiger partial charge is 0.491 e. The number of para-hydroxylation sites is 2. The van der Waals surface area contributed by atoms with E-state index in [-0.39, 0.29) is 5.91 Å². The third-order valence-electron chi connectivity index (χ3n) is 4.49. The SMILES string of the molecule is Cc1ccccc1OCCN(C)C(=O)CCc1cnn(-c2ccccc2)c1. The second-order valence-corrected chi connectivity index (χ2v) is 6.56. The second-order valence-electron chi connectivity index (χ2n) is 6.56. The molecule has 0 aliphatic heterocycles. The van der Waals surface area contributed by atoms with Crippen LogP contribution in [0.25, 0.3) is 5.69 Å². The summed E-state index contributed by atoms with van der Waals surface area (Å²) in [5.41, 5.74) is 3.17. The van der Waals surface area contributed by atoms with Crippen molar-refractivity contribution in [2.45, 2.75) is 19.8 Å². The summed E-state index contributed by atoms with van der Waals surface area (Å²) in [5, 5.41) is 4.37. The zero-order valence-electron chi connectivity index (χ0n) is 15.8. The third kappa shape index (κ3) is 5.20. The van der Waals surface area contributed by atoms with Crippen molar-refractivity contribution in [1.82, 2.24) is 14.7 Å². The van der Waals surface area contributed by atoms with E-state index in [2.05, 4.69) is 5.10 Å². The van der Waals surface area contributed by atoms with E-state index in [1.165, 1.54) is 0 Å². The molecule has 0 unspecified atom stereocenters. The fourth-order valence-corrected chi connectivity index (χ4v) is 2.79. The predicted octanol–water partition coefficient (Wildman–Crippen LogP) is 3.65. The second kappa shape index (κ2) is 9.03. The minimum absolute atomic E-state index is 0.107. The molecule has 0 N–H and O–H groups in total. The zero-order valence-corrected chi connectivity index (χ0v) is 15.8. The van der Waals surface area contributed by atoms with Crippen molar-refractivity contribution >= 4 is 5.91 Å². The number of rotatable bonds is 8. The summed E-state index contributed by atoms with van der Waals surface area (Å²) in [6, 6.07) is 17.8. The summed E-state index contributed by atoms with van der Waals surface area (Å²) in [6.45, 7) is 3.06. The van der Waals surface area contributed by atoms with Gasteiger partial charge in [-0.2, -0.15) is 5.10 Å². The summed E-state index contributed by atoms with van der Waals surface area (Å²) < 4.78 is 7.60. The van der Waals surface area contributed by atoms with Crippen molar-refractivity contribution in [2.24, 2.45) is 0 Å². The van der Waals surface area contributed by atoms with Gasteiger partial charge in [-0.25, -0.2) is 4.68 Å². The predicted molar refractivity (Wildman–Crippen MR) is 106 cm³/mol. The number of likely N-dealkylation sites (N-methyl/N-ethyl adjacent to an activating group) is 1. The first kappa shape index (κ1) is 18.7. The van der Waals surface area contributed by atoms with Crippen molar-refractivity contribution in [1.29, 1.82) is 0 Å². The summed E-state index contributed by atoms with van der Waals surface area (Å²) in [7, 11) is 1.82. The highest BCUT2D eigenvalue weighted by molar-refractivity contribution is 5.76. The Bertz CT molecular complexity index is 874. The molecule has 3 rings (SSSR count). The van der Waals surface area contributed by atoms with E-state index < -0.39 is 0 Å². The van der Waals surface area contributed by atoms with E-state index in [1.807, 2.05) is 85.6 Å². The molecule has 0 radical (unpaired) electrons. The van der Waals surface area contributed by atoms with E-state index in [0.717, 1.165) is 22.6 Å². The van der Waals surface area contributed by atoms with E-state index in [1.54, 1.807) is 4.90 Å². The van der Waals surface area contributed by atoms with Gasteiger partial charge in [0.1, 0.15) is 12.4 Å². The van der Waals surface area contributed by atoms with Gasteiger partial charge in [0.2, 0.25) is 5.91 Å². The number of carbonyl (C=O) groups excluding carboxylic acids is 1. The van der Waals surface area contributed by atoms with Gasteiger partial charge in [-0.05, 0) is 42.7 Å². The molecule has 140 valence electrons. The van der Waals surface area contributed by atoms with Crippen LogP contribution in [0.4, 0.5) is 0 Å². The van der Waals surface area contributed by atoms with Crippen LogP contribution in [-0.4, -0.2) is 40.8 Å². The van der Waals surface area contributed by atoms with Gasteiger partial charge in [-0.3, -0.25) is 4.79 Å². The molecule has 0 spiro atoms. The summed E-state index contributed by atoms with van der Waals surface area (Å²) >= 11 is 0. The minimum Gasteiger partial charge on any atom is -0.491 e. The number of benzene rings is 2. The van der Waals surface area contributed by atoms with E-state index in [4.69, 9.17) is 4.74 Å². The lowest BCUT2D eigenvalue weighted by molar-refractivity contribution is -0.130. The topological polar surface area (TPSA) is 47.4 Å². The Balaban J connectivity index is 1.43. The van der Waals surface area contributed by atoms with Crippen molar-refractivity contribution < 1.29 is 9.53 Å². The van der Waals surface area contributed by atoms with Gasteiger partial charge in [-0.1, -0.05) is 36.4 Å². The van der Waals surface area contributed by atoms with Gasteiger partial charge in [0, 0.05) is 19.7 Å². The van der Waals surface area contributed by atoms with Gasteiger partial charge in [0.05, 0.1) is 18.4 Å². The maximum Gasteiger partial charge on any atom is 0.222 e. The minimum atomic E-state index is 0.107. The lowest BCUT2D eigenvalue weighted by Crippen LogP contribution is -2.31. The van der Waals surface area contributed by atoms with Crippen molar-refractivity contribution in [3.8, 4) is 11.4 Å². The normalized spacial score (nSPS) is 10.6. The lowest BCUT2D eigenvalue weighted by Gasteiger charge is -2.18. The maximum atomic E-state index is 12.3. The highest BCUT2D eigenvalue weighted by Crippen LogP contribution is 2.16. The molecule has 0 saturated heterocycles. The van der Waals surface area contributed by atoms with Crippen LogP contribution in [-0.2, 0) is 11.2 Å².